The van der Waals surface area contributed by atoms with E-state index in [-0.39, 0.29) is 28.3 Å². The minimum Gasteiger partial charge on any atom is -0.394 e. The van der Waals surface area contributed by atoms with Crippen LogP contribution in [0.25, 0.3) is 11.3 Å². The van der Waals surface area contributed by atoms with Crippen LogP contribution in [0, 0.1) is 17.0 Å². The van der Waals surface area contributed by atoms with E-state index < -0.39 is 42.2 Å². The van der Waals surface area contributed by atoms with Gasteiger partial charge >= 0.3 is 0 Å². The van der Waals surface area contributed by atoms with Crippen molar-refractivity contribution in [1.82, 2.24) is 20.5 Å². The summed E-state index contributed by atoms with van der Waals surface area (Å²) in [5.41, 5.74) is 1.43. The molecule has 2 bridgehead atoms. The van der Waals surface area contributed by atoms with E-state index in [2.05, 4.69) is 34.3 Å². The van der Waals surface area contributed by atoms with Crippen molar-refractivity contribution in [3.8, 4) is 11.3 Å². The Hall–Kier alpha value is -3.30. The summed E-state index contributed by atoms with van der Waals surface area (Å²) in [7, 11) is 0. The number of carbonyl (C=O) groups is 1. The molecule has 1 amide bonds. The van der Waals surface area contributed by atoms with Crippen molar-refractivity contribution in [2.75, 3.05) is 13.2 Å². The number of amides is 1. The van der Waals surface area contributed by atoms with E-state index in [9.17, 15) is 23.8 Å². The highest BCUT2D eigenvalue weighted by Crippen LogP contribution is 2.69. The number of aliphatic hydroxyl groups excluding tert-OH is 2. The van der Waals surface area contributed by atoms with Gasteiger partial charge in [-0.05, 0) is 60.1 Å². The zero-order valence-corrected chi connectivity index (χ0v) is 19.4. The molecule has 35 heavy (non-hydrogen) atoms. The first-order chi connectivity index (χ1) is 16.7. The van der Waals surface area contributed by atoms with Crippen LogP contribution in [0.4, 0.5) is 8.78 Å². The Bertz CT molecular complexity index is 1290. The smallest absolute Gasteiger partial charge is 0.270 e. The number of fused-ring (bicyclic) bond motifs is 5. The minimum absolute atomic E-state index is 0.0778. The maximum absolute atomic E-state index is 14.4. The van der Waals surface area contributed by atoms with Crippen molar-refractivity contribution < 1.29 is 23.8 Å². The fourth-order valence-corrected chi connectivity index (χ4v) is 5.96. The van der Waals surface area contributed by atoms with Crippen LogP contribution in [0.5, 0.6) is 0 Å². The molecule has 7 nitrogen and oxygen atoms in total. The molecule has 2 aliphatic rings. The highest BCUT2D eigenvalue weighted by atomic mass is 19.1. The predicted molar refractivity (Wildman–Crippen MR) is 124 cm³/mol. The van der Waals surface area contributed by atoms with E-state index >= 15 is 0 Å². The molecule has 2 heterocycles. The van der Waals surface area contributed by atoms with Crippen LogP contribution in [-0.4, -0.2) is 50.6 Å². The molecule has 3 N–H and O–H groups in total. The van der Waals surface area contributed by atoms with Gasteiger partial charge in [-0.2, -0.15) is 5.10 Å². The van der Waals surface area contributed by atoms with E-state index in [0.29, 0.717) is 11.4 Å². The number of aromatic nitrogens is 3. The van der Waals surface area contributed by atoms with Gasteiger partial charge < -0.3 is 15.5 Å². The van der Waals surface area contributed by atoms with Crippen molar-refractivity contribution in [3.63, 3.8) is 0 Å². The monoisotopic (exact) mass is 480 g/mol. The Balaban J connectivity index is 1.60. The molecule has 1 saturated carbocycles. The minimum atomic E-state index is -0.784. The molecule has 0 spiro atoms. The van der Waals surface area contributed by atoms with Gasteiger partial charge in [-0.1, -0.05) is 26.0 Å². The summed E-state index contributed by atoms with van der Waals surface area (Å²) in [6, 6.07) is 9.84. The molecule has 0 aliphatic heterocycles. The number of hydrogen-bond donors (Lipinski definition) is 3. The molecule has 0 saturated heterocycles. The first-order valence-corrected chi connectivity index (χ1v) is 11.6. The quantitative estimate of drug-likeness (QED) is 0.500. The Kier molecular flexibility index (Phi) is 5.64. The topological polar surface area (TPSA) is 108 Å². The van der Waals surface area contributed by atoms with Crippen molar-refractivity contribution in [2.45, 2.75) is 44.1 Å². The second-order valence-corrected chi connectivity index (χ2v) is 9.79. The summed E-state index contributed by atoms with van der Waals surface area (Å²) in [5, 5.41) is 29.9. The number of carbonyl (C=O) groups excluding carboxylic acids is 1. The SMILES string of the molecule is CC1(C)[C@H]2CC[C@@]1(c1cccc(C(=O)NC(CO)CO)n1)c1nnc(-c3c(F)cccc3F)cc12. The Morgan fingerprint density at radius 3 is 2.49 bits per heavy atom. The fourth-order valence-electron chi connectivity index (χ4n) is 5.96. The number of nitrogens with zero attached hydrogens (tertiary/aromatic N) is 3. The molecule has 2 atom stereocenters. The van der Waals surface area contributed by atoms with Gasteiger partial charge in [0, 0.05) is 0 Å². The first-order valence-electron chi connectivity index (χ1n) is 11.6. The summed E-state index contributed by atoms with van der Waals surface area (Å²) in [4.78, 5) is 17.4. The summed E-state index contributed by atoms with van der Waals surface area (Å²) in [6.07, 6.45) is 1.58. The van der Waals surface area contributed by atoms with E-state index in [4.69, 9.17) is 0 Å². The van der Waals surface area contributed by atoms with E-state index in [1.165, 1.54) is 18.2 Å². The second-order valence-electron chi connectivity index (χ2n) is 9.79. The van der Waals surface area contributed by atoms with Crippen LogP contribution in [0.15, 0.2) is 42.5 Å². The highest BCUT2D eigenvalue weighted by Gasteiger charge is 2.65. The molecular weight excluding hydrogens is 454 g/mol. The number of hydrogen-bond acceptors (Lipinski definition) is 6. The molecule has 2 aliphatic carbocycles. The number of aliphatic hydroxyl groups is 2. The molecule has 1 aromatic carbocycles. The maximum atomic E-state index is 14.4. The number of benzene rings is 1. The summed E-state index contributed by atoms with van der Waals surface area (Å²) < 4.78 is 28.9. The number of nitrogens with one attached hydrogen (secondary N) is 1. The van der Waals surface area contributed by atoms with Gasteiger partial charge in [-0.15, -0.1) is 5.10 Å². The lowest BCUT2D eigenvalue weighted by Gasteiger charge is -2.37. The van der Waals surface area contributed by atoms with Crippen LogP contribution in [0.1, 0.15) is 60.0 Å². The summed E-state index contributed by atoms with van der Waals surface area (Å²) >= 11 is 0. The van der Waals surface area contributed by atoms with Gasteiger partial charge in [-0.25, -0.2) is 13.8 Å². The lowest BCUT2D eigenvalue weighted by molar-refractivity contribution is 0.0873. The Labute approximate surface area is 201 Å². The van der Waals surface area contributed by atoms with Gasteiger partial charge in [0.15, 0.2) is 0 Å². The molecule has 9 heteroatoms. The van der Waals surface area contributed by atoms with Crippen molar-refractivity contribution in [2.24, 2.45) is 5.41 Å². The summed E-state index contributed by atoms with van der Waals surface area (Å²) in [5.74, 6) is -1.81. The Morgan fingerprint density at radius 1 is 1.11 bits per heavy atom. The third-order valence-corrected chi connectivity index (χ3v) is 7.80. The van der Waals surface area contributed by atoms with Crippen LogP contribution in [0.3, 0.4) is 0 Å². The Morgan fingerprint density at radius 2 is 1.80 bits per heavy atom. The molecule has 0 radical (unpaired) electrons. The highest BCUT2D eigenvalue weighted by molar-refractivity contribution is 5.92. The van der Waals surface area contributed by atoms with Crippen LogP contribution in [-0.2, 0) is 5.41 Å². The van der Waals surface area contributed by atoms with Gasteiger partial charge in [0.05, 0.1) is 47.3 Å². The number of pyridine rings is 1. The molecular formula is C26H26F2N4O3. The molecule has 5 rings (SSSR count). The van der Waals surface area contributed by atoms with Crippen molar-refractivity contribution >= 4 is 5.91 Å². The molecule has 1 fully saturated rings. The first kappa shape index (κ1) is 23.4. The zero-order valence-electron chi connectivity index (χ0n) is 19.4. The lowest BCUT2D eigenvalue weighted by Crippen LogP contribution is -2.41. The zero-order chi connectivity index (χ0) is 25.0. The predicted octanol–water partition coefficient (Wildman–Crippen LogP) is 3.10. The van der Waals surface area contributed by atoms with Crippen LogP contribution >= 0.6 is 0 Å². The largest absolute Gasteiger partial charge is 0.394 e. The van der Waals surface area contributed by atoms with E-state index in [0.717, 1.165) is 18.4 Å². The molecule has 182 valence electrons. The van der Waals surface area contributed by atoms with Gasteiger partial charge in [0.2, 0.25) is 0 Å². The third kappa shape index (κ3) is 3.36. The van der Waals surface area contributed by atoms with Gasteiger partial charge in [-0.3, -0.25) is 4.79 Å². The third-order valence-electron chi connectivity index (χ3n) is 7.80. The maximum Gasteiger partial charge on any atom is 0.270 e. The molecule has 0 unspecified atom stereocenters. The van der Waals surface area contributed by atoms with Gasteiger partial charge in [0.25, 0.3) is 5.91 Å². The van der Waals surface area contributed by atoms with Crippen molar-refractivity contribution in [1.29, 1.82) is 0 Å². The number of halogens is 2. The van der Waals surface area contributed by atoms with Gasteiger partial charge in [0.1, 0.15) is 17.3 Å². The van der Waals surface area contributed by atoms with Crippen LogP contribution in [0.2, 0.25) is 0 Å². The number of rotatable bonds is 6. The second kappa shape index (κ2) is 8.42. The van der Waals surface area contributed by atoms with Crippen LogP contribution < -0.4 is 5.32 Å². The van der Waals surface area contributed by atoms with Crippen molar-refractivity contribution in [3.05, 3.63) is 76.7 Å². The average molecular weight is 481 g/mol. The summed E-state index contributed by atoms with van der Waals surface area (Å²) in [6.45, 7) is 3.46. The fraction of sp³-hybridized carbons (Fsp3) is 0.385. The molecule has 3 aromatic rings. The standard InChI is InChI=1S/C26H26F2N4O3/c1-25(2)16-9-10-26(25,21-8-4-7-19(30-21)24(35)29-14(12-33)13-34)23-15(16)11-20(31-32-23)22-17(27)5-3-6-18(22)28/h3-8,11,14,16,33-34H,9-10,12-13H2,1-2H3,(H,29,35)/t16-,26+/m0/s1. The van der Waals surface area contributed by atoms with E-state index in [1.54, 1.807) is 18.2 Å². The lowest BCUT2D eigenvalue weighted by atomic mass is 9.66. The normalized spacial score (nSPS) is 21.9. The molecule has 2 aromatic heterocycles. The van der Waals surface area contributed by atoms with E-state index in [1.807, 2.05) is 6.07 Å². The average Bonchev–Trinajstić information content (AvgIpc) is 3.23.